The summed E-state index contributed by atoms with van der Waals surface area (Å²) in [6.07, 6.45) is 5.34. The smallest absolute Gasteiger partial charge is 0.137 e. The largest absolute Gasteiger partial charge is 0.508 e. The van der Waals surface area contributed by atoms with Gasteiger partial charge in [0.05, 0.1) is 17.6 Å². The Morgan fingerprint density at radius 1 is 0.920 bits per heavy atom. The Hall–Kier alpha value is -3.21. The summed E-state index contributed by atoms with van der Waals surface area (Å²) in [4.78, 5) is 16.5. The minimum absolute atomic E-state index is 0.297. The molecule has 124 valence electrons. The van der Waals surface area contributed by atoms with E-state index in [4.69, 9.17) is 0 Å². The number of fused-ring (bicyclic) bond motifs is 1. The molecule has 0 atom stereocenters. The van der Waals surface area contributed by atoms with Crippen LogP contribution in [0.4, 0.5) is 0 Å². The van der Waals surface area contributed by atoms with Crippen LogP contribution < -0.4 is 0 Å². The summed E-state index contributed by atoms with van der Waals surface area (Å²) < 4.78 is 0. The molecule has 0 aliphatic carbocycles. The van der Waals surface area contributed by atoms with Crippen LogP contribution in [0.15, 0.2) is 42.9 Å². The molecular formula is C20H18N4O. The number of pyridine rings is 1. The monoisotopic (exact) mass is 330 g/mol. The number of phenolic OH excluding ortho intramolecular Hbond substituents is 1. The van der Waals surface area contributed by atoms with Gasteiger partial charge >= 0.3 is 0 Å². The molecule has 2 N–H and O–H groups in total. The van der Waals surface area contributed by atoms with E-state index in [1.165, 1.54) is 0 Å². The normalized spacial score (nSPS) is 11.2. The fraction of sp³-hybridized carbons (Fsp3) is 0.150. The first-order valence-corrected chi connectivity index (χ1v) is 8.10. The lowest BCUT2D eigenvalue weighted by molar-refractivity contribution is 0.471. The minimum Gasteiger partial charge on any atom is -0.508 e. The summed E-state index contributed by atoms with van der Waals surface area (Å²) in [6, 6.07) is 7.76. The van der Waals surface area contributed by atoms with Gasteiger partial charge in [0.2, 0.25) is 0 Å². The van der Waals surface area contributed by atoms with Crippen molar-refractivity contribution in [2.24, 2.45) is 0 Å². The molecule has 0 aliphatic heterocycles. The minimum atomic E-state index is 0.297. The lowest BCUT2D eigenvalue weighted by Crippen LogP contribution is -1.90. The third-order valence-corrected chi connectivity index (χ3v) is 4.46. The van der Waals surface area contributed by atoms with Crippen LogP contribution >= 0.6 is 0 Å². The molecule has 1 aromatic carbocycles. The number of rotatable bonds is 2. The molecule has 0 amide bonds. The van der Waals surface area contributed by atoms with Crippen LogP contribution in [0.3, 0.4) is 0 Å². The Labute approximate surface area is 145 Å². The van der Waals surface area contributed by atoms with Crippen molar-refractivity contribution < 1.29 is 5.11 Å². The highest BCUT2D eigenvalue weighted by atomic mass is 16.3. The zero-order valence-corrected chi connectivity index (χ0v) is 14.3. The first-order chi connectivity index (χ1) is 12.0. The van der Waals surface area contributed by atoms with E-state index in [0.717, 1.165) is 50.4 Å². The number of aromatic nitrogens is 4. The van der Waals surface area contributed by atoms with Gasteiger partial charge in [-0.15, -0.1) is 0 Å². The molecule has 0 aliphatic rings. The van der Waals surface area contributed by atoms with E-state index in [2.05, 4.69) is 26.0 Å². The van der Waals surface area contributed by atoms with E-state index in [-0.39, 0.29) is 0 Å². The Morgan fingerprint density at radius 3 is 2.52 bits per heavy atom. The third kappa shape index (κ3) is 2.63. The van der Waals surface area contributed by atoms with Gasteiger partial charge in [0.1, 0.15) is 17.1 Å². The summed E-state index contributed by atoms with van der Waals surface area (Å²) in [6.45, 7) is 5.87. The van der Waals surface area contributed by atoms with Gasteiger partial charge in [-0.1, -0.05) is 6.07 Å². The Bertz CT molecular complexity index is 1080. The molecule has 5 heteroatoms. The van der Waals surface area contributed by atoms with E-state index in [1.807, 2.05) is 39.1 Å². The third-order valence-electron chi connectivity index (χ3n) is 4.46. The van der Waals surface area contributed by atoms with Gasteiger partial charge in [-0.25, -0.2) is 4.98 Å². The Morgan fingerprint density at radius 2 is 1.76 bits per heavy atom. The van der Waals surface area contributed by atoms with Crippen LogP contribution in [0, 0.1) is 20.8 Å². The number of aryl methyl sites for hydroxylation is 2. The predicted molar refractivity (Wildman–Crippen MR) is 98.4 cm³/mol. The molecule has 0 spiro atoms. The molecule has 0 saturated heterocycles. The maximum Gasteiger partial charge on any atom is 0.137 e. The number of benzene rings is 1. The molecule has 0 bridgehead atoms. The summed E-state index contributed by atoms with van der Waals surface area (Å²) in [5, 5.41) is 11.0. The maximum atomic E-state index is 10.0. The van der Waals surface area contributed by atoms with Gasteiger partial charge < -0.3 is 10.1 Å². The second-order valence-corrected chi connectivity index (χ2v) is 6.29. The SMILES string of the molecule is Cc1cnc(-c2cc3cc(-c4c(C)ccc(O)c4C)cnc3[nH]2)cn1. The second kappa shape index (κ2) is 5.70. The summed E-state index contributed by atoms with van der Waals surface area (Å²) in [7, 11) is 0. The first kappa shape index (κ1) is 15.3. The average molecular weight is 330 g/mol. The van der Waals surface area contributed by atoms with Gasteiger partial charge in [-0.2, -0.15) is 0 Å². The molecule has 3 heterocycles. The standard InChI is InChI=1S/C20H18N4O/c1-11-4-5-18(25)13(3)19(11)15-6-14-7-16(24-20(14)23-9-15)17-10-21-12(2)8-22-17/h4-10,25H,1-3H3,(H,23,24). The Kier molecular flexibility index (Phi) is 3.50. The second-order valence-electron chi connectivity index (χ2n) is 6.29. The van der Waals surface area contributed by atoms with Crippen molar-refractivity contribution in [3.8, 4) is 28.3 Å². The van der Waals surface area contributed by atoms with Crippen molar-refractivity contribution in [1.29, 1.82) is 0 Å². The molecule has 4 rings (SSSR count). The van der Waals surface area contributed by atoms with Crippen molar-refractivity contribution >= 4 is 11.0 Å². The zero-order chi connectivity index (χ0) is 17.6. The zero-order valence-electron chi connectivity index (χ0n) is 14.3. The number of nitrogens with zero attached hydrogens (tertiary/aromatic N) is 3. The predicted octanol–water partition coefficient (Wildman–Crippen LogP) is 4.32. The lowest BCUT2D eigenvalue weighted by atomic mass is 9.96. The summed E-state index contributed by atoms with van der Waals surface area (Å²) >= 11 is 0. The number of hydrogen-bond acceptors (Lipinski definition) is 4. The first-order valence-electron chi connectivity index (χ1n) is 8.10. The van der Waals surface area contributed by atoms with Crippen molar-refractivity contribution in [3.63, 3.8) is 0 Å². The van der Waals surface area contributed by atoms with E-state index < -0.39 is 0 Å². The number of H-pyrrole nitrogens is 1. The van der Waals surface area contributed by atoms with Crippen molar-refractivity contribution in [2.45, 2.75) is 20.8 Å². The maximum absolute atomic E-state index is 10.0. The van der Waals surface area contributed by atoms with E-state index in [0.29, 0.717) is 5.75 Å². The van der Waals surface area contributed by atoms with Gasteiger partial charge in [0, 0.05) is 23.3 Å². The van der Waals surface area contributed by atoms with Gasteiger partial charge in [0.25, 0.3) is 0 Å². The molecule has 5 nitrogen and oxygen atoms in total. The molecule has 4 aromatic rings. The van der Waals surface area contributed by atoms with Crippen molar-refractivity contribution in [2.75, 3.05) is 0 Å². The van der Waals surface area contributed by atoms with Crippen LogP contribution in [0.2, 0.25) is 0 Å². The van der Waals surface area contributed by atoms with Gasteiger partial charge in [0.15, 0.2) is 0 Å². The van der Waals surface area contributed by atoms with Crippen LogP contribution in [-0.2, 0) is 0 Å². The summed E-state index contributed by atoms with van der Waals surface area (Å²) in [5.41, 5.74) is 7.34. The van der Waals surface area contributed by atoms with Crippen molar-refractivity contribution in [3.05, 3.63) is 59.7 Å². The molecule has 0 saturated carbocycles. The van der Waals surface area contributed by atoms with Crippen LogP contribution in [0.25, 0.3) is 33.5 Å². The molecule has 0 fully saturated rings. The van der Waals surface area contributed by atoms with Crippen LogP contribution in [0.1, 0.15) is 16.8 Å². The van der Waals surface area contributed by atoms with E-state index >= 15 is 0 Å². The lowest BCUT2D eigenvalue weighted by Gasteiger charge is -2.11. The molecule has 0 unspecified atom stereocenters. The fourth-order valence-electron chi connectivity index (χ4n) is 3.10. The molecule has 0 radical (unpaired) electrons. The van der Waals surface area contributed by atoms with Gasteiger partial charge in [-0.05, 0) is 55.7 Å². The highest BCUT2D eigenvalue weighted by Gasteiger charge is 2.12. The number of aromatic amines is 1. The topological polar surface area (TPSA) is 74.7 Å². The van der Waals surface area contributed by atoms with Crippen molar-refractivity contribution in [1.82, 2.24) is 19.9 Å². The Balaban J connectivity index is 1.84. The van der Waals surface area contributed by atoms with E-state index in [1.54, 1.807) is 18.5 Å². The quantitative estimate of drug-likeness (QED) is 0.574. The molecule has 25 heavy (non-hydrogen) atoms. The fourth-order valence-corrected chi connectivity index (χ4v) is 3.10. The summed E-state index contributed by atoms with van der Waals surface area (Å²) in [5.74, 6) is 0.297. The van der Waals surface area contributed by atoms with Crippen LogP contribution in [0.5, 0.6) is 5.75 Å². The van der Waals surface area contributed by atoms with E-state index in [9.17, 15) is 5.11 Å². The number of hydrogen-bond donors (Lipinski definition) is 2. The van der Waals surface area contributed by atoms with Gasteiger partial charge in [-0.3, -0.25) is 9.97 Å². The number of nitrogens with one attached hydrogen (secondary N) is 1. The van der Waals surface area contributed by atoms with Crippen LogP contribution in [-0.4, -0.2) is 25.0 Å². The number of phenols is 1. The average Bonchev–Trinajstić information content (AvgIpc) is 3.02. The highest BCUT2D eigenvalue weighted by molar-refractivity contribution is 5.87. The molecular weight excluding hydrogens is 312 g/mol. The highest BCUT2D eigenvalue weighted by Crippen LogP contribution is 2.34. The molecule has 3 aromatic heterocycles. The number of aromatic hydroxyl groups is 1.